The van der Waals surface area contributed by atoms with Crippen LogP contribution in [0.3, 0.4) is 0 Å². The van der Waals surface area contributed by atoms with Gasteiger partial charge in [0.1, 0.15) is 18.5 Å². The number of hydrogen-bond acceptors (Lipinski definition) is 6. The molecule has 5 rings (SSSR count). The summed E-state index contributed by atoms with van der Waals surface area (Å²) < 4.78 is 0. The first-order valence-corrected chi connectivity index (χ1v) is 10.7. The molecule has 0 bridgehead atoms. The second-order valence-electron chi connectivity index (χ2n) is 8.18. The lowest BCUT2D eigenvalue weighted by molar-refractivity contribution is -0.139. The van der Waals surface area contributed by atoms with E-state index in [1.807, 2.05) is 58.3 Å². The van der Waals surface area contributed by atoms with Gasteiger partial charge in [-0.15, -0.1) is 0 Å². The molecule has 2 aromatic carbocycles. The Labute approximate surface area is 185 Å². The zero-order valence-electron chi connectivity index (χ0n) is 17.1. The molecule has 8 nitrogen and oxygen atoms in total. The maximum absolute atomic E-state index is 13.5. The van der Waals surface area contributed by atoms with Gasteiger partial charge in [0, 0.05) is 30.8 Å². The number of aliphatic hydroxyl groups excluding tert-OH is 1. The number of fused-ring (bicyclic) bond motifs is 3. The number of anilines is 1. The van der Waals surface area contributed by atoms with E-state index in [-0.39, 0.29) is 24.8 Å². The number of para-hydroxylation sites is 1. The van der Waals surface area contributed by atoms with E-state index in [1.165, 1.54) is 4.90 Å². The van der Waals surface area contributed by atoms with Crippen molar-refractivity contribution in [3.63, 3.8) is 0 Å². The smallest absolute Gasteiger partial charge is 0.328 e. The Hall–Kier alpha value is -2.65. The van der Waals surface area contributed by atoms with Crippen molar-refractivity contribution in [1.82, 2.24) is 20.0 Å². The predicted molar refractivity (Wildman–Crippen MR) is 116 cm³/mol. The summed E-state index contributed by atoms with van der Waals surface area (Å²) in [6.07, 6.45) is -1.41. The molecule has 3 amide bonds. The number of imide groups is 1. The molecule has 2 N–H and O–H groups in total. The molecule has 4 atom stereocenters. The monoisotopic (exact) mass is 441 g/mol. The first kappa shape index (κ1) is 20.3. The van der Waals surface area contributed by atoms with Gasteiger partial charge in [0.25, 0.3) is 5.91 Å². The number of likely N-dealkylation sites (N-methyl/N-ethyl adjacent to an activating group) is 1. The number of nitrogens with zero attached hydrogens (tertiary/aromatic N) is 4. The third kappa shape index (κ3) is 3.36. The van der Waals surface area contributed by atoms with Gasteiger partial charge >= 0.3 is 6.03 Å². The molecule has 4 unspecified atom stereocenters. The minimum Gasteiger partial charge on any atom is -0.390 e. The highest BCUT2D eigenvalue weighted by Gasteiger charge is 2.57. The van der Waals surface area contributed by atoms with Gasteiger partial charge in [0.2, 0.25) is 0 Å². The number of benzene rings is 2. The molecule has 0 radical (unpaired) electrons. The number of urea groups is 1. The zero-order chi connectivity index (χ0) is 21.7. The molecule has 0 aliphatic carbocycles. The summed E-state index contributed by atoms with van der Waals surface area (Å²) in [5.74, 6) is -0.287. The van der Waals surface area contributed by atoms with Crippen molar-refractivity contribution in [2.75, 3.05) is 25.0 Å². The van der Waals surface area contributed by atoms with Crippen LogP contribution in [-0.2, 0) is 11.3 Å². The molecule has 0 aromatic heterocycles. The molecule has 162 valence electrons. The van der Waals surface area contributed by atoms with Crippen LogP contribution >= 0.6 is 11.6 Å². The first-order chi connectivity index (χ1) is 15.0. The van der Waals surface area contributed by atoms with Crippen molar-refractivity contribution in [2.45, 2.75) is 31.1 Å². The molecular formula is C22H24ClN5O3. The molecule has 3 aliphatic rings. The van der Waals surface area contributed by atoms with E-state index in [9.17, 15) is 14.7 Å². The second-order valence-corrected chi connectivity index (χ2v) is 8.59. The van der Waals surface area contributed by atoms with Crippen LogP contribution in [0.25, 0.3) is 0 Å². The largest absolute Gasteiger partial charge is 0.390 e. The van der Waals surface area contributed by atoms with Crippen molar-refractivity contribution in [1.29, 1.82) is 0 Å². The van der Waals surface area contributed by atoms with E-state index in [0.29, 0.717) is 23.7 Å². The van der Waals surface area contributed by atoms with Crippen molar-refractivity contribution in [3.8, 4) is 0 Å². The van der Waals surface area contributed by atoms with Gasteiger partial charge in [-0.2, -0.15) is 0 Å². The Morgan fingerprint density at radius 3 is 2.52 bits per heavy atom. The minimum absolute atomic E-state index is 0.106. The SMILES string of the molecule is CN1C(=O)N(Cc2ccccc2Cl)C(=O)C2C1NC1N(c3ccccc3)CC(O)CN21. The summed E-state index contributed by atoms with van der Waals surface area (Å²) in [6, 6.07) is 16.0. The van der Waals surface area contributed by atoms with Gasteiger partial charge in [-0.3, -0.25) is 19.9 Å². The van der Waals surface area contributed by atoms with Crippen LogP contribution in [0.2, 0.25) is 5.02 Å². The number of hydrogen-bond donors (Lipinski definition) is 2. The predicted octanol–water partition coefficient (Wildman–Crippen LogP) is 1.50. The molecule has 3 heterocycles. The highest BCUT2D eigenvalue weighted by Crippen LogP contribution is 2.33. The highest BCUT2D eigenvalue weighted by molar-refractivity contribution is 6.31. The fraction of sp³-hybridized carbons (Fsp3) is 0.364. The summed E-state index contributed by atoms with van der Waals surface area (Å²) in [4.78, 5) is 33.4. The number of carbonyl (C=O) groups is 2. The molecule has 9 heteroatoms. The number of halogens is 1. The third-order valence-corrected chi connectivity index (χ3v) is 6.63. The van der Waals surface area contributed by atoms with Crippen molar-refractivity contribution in [3.05, 3.63) is 65.2 Å². The van der Waals surface area contributed by atoms with E-state index in [0.717, 1.165) is 5.69 Å². The first-order valence-electron chi connectivity index (χ1n) is 10.3. The van der Waals surface area contributed by atoms with E-state index in [4.69, 9.17) is 11.6 Å². The molecule has 3 saturated heterocycles. The molecule has 3 aliphatic heterocycles. The van der Waals surface area contributed by atoms with Crippen molar-refractivity contribution in [2.24, 2.45) is 0 Å². The Morgan fingerprint density at radius 1 is 1.06 bits per heavy atom. The van der Waals surface area contributed by atoms with Gasteiger partial charge in [0.05, 0.1) is 12.6 Å². The van der Waals surface area contributed by atoms with Crippen LogP contribution in [0.15, 0.2) is 54.6 Å². The number of β-amino-alcohol motifs (C(OH)–C–C–N with tert-alkyl or cyclic N) is 1. The van der Waals surface area contributed by atoms with Crippen LogP contribution < -0.4 is 10.2 Å². The molecule has 31 heavy (non-hydrogen) atoms. The number of nitrogens with one attached hydrogen (secondary N) is 1. The Bertz CT molecular complexity index is 1010. The van der Waals surface area contributed by atoms with Gasteiger partial charge < -0.3 is 14.9 Å². The van der Waals surface area contributed by atoms with Crippen LogP contribution in [-0.4, -0.2) is 76.5 Å². The summed E-state index contributed by atoms with van der Waals surface area (Å²) in [6.45, 7) is 0.886. The van der Waals surface area contributed by atoms with Gasteiger partial charge in [-0.25, -0.2) is 4.79 Å². The average molecular weight is 442 g/mol. The fourth-order valence-corrected chi connectivity index (χ4v) is 4.95. The van der Waals surface area contributed by atoms with Crippen LogP contribution in [0, 0.1) is 0 Å². The summed E-state index contributed by atoms with van der Waals surface area (Å²) in [5, 5.41) is 14.5. The lowest BCUT2D eigenvalue weighted by atomic mass is 10.1. The Balaban J connectivity index is 1.47. The standard InChI is InChI=1S/C22H24ClN5O3/c1-25-19-18(20(30)28(22(25)31)11-14-7-5-6-10-17(14)23)27-13-16(29)12-26(21(27)24-19)15-8-3-2-4-9-15/h2-10,16,18-19,21,24,29H,11-13H2,1H3. The third-order valence-electron chi connectivity index (χ3n) is 6.26. The number of aliphatic hydroxyl groups is 1. The number of amides is 3. The van der Waals surface area contributed by atoms with Crippen molar-refractivity contribution >= 4 is 29.2 Å². The Kier molecular flexibility index (Phi) is 5.10. The second kappa shape index (κ2) is 7.80. The quantitative estimate of drug-likeness (QED) is 0.751. The van der Waals surface area contributed by atoms with Crippen molar-refractivity contribution < 1.29 is 14.7 Å². The van der Waals surface area contributed by atoms with Crippen LogP contribution in [0.4, 0.5) is 10.5 Å². The van der Waals surface area contributed by atoms with Gasteiger partial charge in [-0.05, 0) is 23.8 Å². The zero-order valence-corrected chi connectivity index (χ0v) is 17.8. The summed E-state index contributed by atoms with van der Waals surface area (Å²) >= 11 is 6.28. The summed E-state index contributed by atoms with van der Waals surface area (Å²) in [5.41, 5.74) is 1.65. The Morgan fingerprint density at radius 2 is 1.77 bits per heavy atom. The van der Waals surface area contributed by atoms with E-state index in [1.54, 1.807) is 18.0 Å². The van der Waals surface area contributed by atoms with E-state index >= 15 is 0 Å². The number of rotatable bonds is 3. The van der Waals surface area contributed by atoms with Gasteiger partial charge in [0.15, 0.2) is 0 Å². The lowest BCUT2D eigenvalue weighted by Crippen LogP contribution is -2.66. The van der Waals surface area contributed by atoms with Crippen LogP contribution in [0.1, 0.15) is 5.56 Å². The normalized spacial score (nSPS) is 28.7. The van der Waals surface area contributed by atoms with Crippen LogP contribution in [0.5, 0.6) is 0 Å². The molecule has 0 spiro atoms. The average Bonchev–Trinajstić information content (AvgIpc) is 3.16. The maximum Gasteiger partial charge on any atom is 0.328 e. The number of carbonyl (C=O) groups excluding carboxylic acids is 2. The molecule has 3 fully saturated rings. The minimum atomic E-state index is -0.621. The van der Waals surface area contributed by atoms with E-state index in [2.05, 4.69) is 5.32 Å². The highest BCUT2D eigenvalue weighted by atomic mass is 35.5. The van der Waals surface area contributed by atoms with E-state index < -0.39 is 18.3 Å². The fourth-order valence-electron chi connectivity index (χ4n) is 4.76. The maximum atomic E-state index is 13.5. The topological polar surface area (TPSA) is 79.4 Å². The lowest BCUT2D eigenvalue weighted by Gasteiger charge is -2.45. The molecule has 2 aromatic rings. The summed E-state index contributed by atoms with van der Waals surface area (Å²) in [7, 11) is 1.70. The molecular weight excluding hydrogens is 418 g/mol. The molecule has 0 saturated carbocycles. The van der Waals surface area contributed by atoms with Gasteiger partial charge in [-0.1, -0.05) is 48.0 Å².